The molecule has 4 heteroatoms. The standard InChI is InChI=1S/C12H12BrFN2/c1-16-8-9(6-12(16)13)7-15-11-4-2-10(14)3-5-11/h2-6,8,15H,7H2,1H3. The summed E-state index contributed by atoms with van der Waals surface area (Å²) >= 11 is 3.44. The number of nitrogens with zero attached hydrogens (tertiary/aromatic N) is 1. The molecule has 2 nitrogen and oxygen atoms in total. The average molecular weight is 283 g/mol. The summed E-state index contributed by atoms with van der Waals surface area (Å²) in [6, 6.07) is 8.41. The van der Waals surface area contributed by atoms with Gasteiger partial charge in [0, 0.05) is 25.5 Å². The maximum atomic E-state index is 12.7. The van der Waals surface area contributed by atoms with Crippen molar-refractivity contribution in [3.63, 3.8) is 0 Å². The van der Waals surface area contributed by atoms with Gasteiger partial charge in [-0.05, 0) is 51.8 Å². The van der Waals surface area contributed by atoms with E-state index in [1.807, 2.05) is 17.8 Å². The van der Waals surface area contributed by atoms with E-state index in [0.29, 0.717) is 0 Å². The van der Waals surface area contributed by atoms with Crippen molar-refractivity contribution < 1.29 is 4.39 Å². The van der Waals surface area contributed by atoms with Crippen LogP contribution in [0.5, 0.6) is 0 Å². The van der Waals surface area contributed by atoms with Crippen molar-refractivity contribution in [3.05, 3.63) is 52.5 Å². The zero-order valence-corrected chi connectivity index (χ0v) is 10.5. The summed E-state index contributed by atoms with van der Waals surface area (Å²) in [5, 5.41) is 3.23. The number of nitrogens with one attached hydrogen (secondary N) is 1. The number of halogens is 2. The van der Waals surface area contributed by atoms with Crippen molar-refractivity contribution in [2.75, 3.05) is 5.32 Å². The van der Waals surface area contributed by atoms with Crippen molar-refractivity contribution in [2.45, 2.75) is 6.54 Å². The number of hydrogen-bond donors (Lipinski definition) is 1. The first kappa shape index (κ1) is 11.2. The summed E-state index contributed by atoms with van der Waals surface area (Å²) in [5.41, 5.74) is 2.10. The van der Waals surface area contributed by atoms with Gasteiger partial charge >= 0.3 is 0 Å². The van der Waals surface area contributed by atoms with Crippen molar-refractivity contribution in [3.8, 4) is 0 Å². The van der Waals surface area contributed by atoms with E-state index in [4.69, 9.17) is 0 Å². The highest BCUT2D eigenvalue weighted by Crippen LogP contribution is 2.15. The van der Waals surface area contributed by atoms with Gasteiger partial charge in [-0.1, -0.05) is 0 Å². The van der Waals surface area contributed by atoms with E-state index in [-0.39, 0.29) is 5.82 Å². The Hall–Kier alpha value is -1.29. The maximum absolute atomic E-state index is 12.7. The highest BCUT2D eigenvalue weighted by Gasteiger charge is 2.00. The van der Waals surface area contributed by atoms with Gasteiger partial charge in [-0.25, -0.2) is 4.39 Å². The normalized spacial score (nSPS) is 10.4. The lowest BCUT2D eigenvalue weighted by Crippen LogP contribution is -1.98. The van der Waals surface area contributed by atoms with Gasteiger partial charge in [0.25, 0.3) is 0 Å². The molecule has 0 bridgehead atoms. The summed E-state index contributed by atoms with van der Waals surface area (Å²) in [5.74, 6) is -0.215. The monoisotopic (exact) mass is 282 g/mol. The van der Waals surface area contributed by atoms with Crippen LogP contribution >= 0.6 is 15.9 Å². The van der Waals surface area contributed by atoms with Crippen LogP contribution in [-0.2, 0) is 13.6 Å². The molecule has 0 unspecified atom stereocenters. The lowest BCUT2D eigenvalue weighted by molar-refractivity contribution is 0.628. The van der Waals surface area contributed by atoms with Crippen molar-refractivity contribution in [1.29, 1.82) is 0 Å². The molecule has 1 N–H and O–H groups in total. The van der Waals surface area contributed by atoms with E-state index < -0.39 is 0 Å². The number of aryl methyl sites for hydroxylation is 1. The second-order valence-corrected chi connectivity index (χ2v) is 4.45. The molecule has 84 valence electrons. The summed E-state index contributed by atoms with van der Waals surface area (Å²) in [7, 11) is 1.98. The molecule has 0 aliphatic carbocycles. The van der Waals surface area contributed by atoms with Crippen LogP contribution in [-0.4, -0.2) is 4.57 Å². The second-order valence-electron chi connectivity index (χ2n) is 3.64. The minimum Gasteiger partial charge on any atom is -0.381 e. The average Bonchev–Trinajstić information content (AvgIpc) is 2.58. The highest BCUT2D eigenvalue weighted by molar-refractivity contribution is 9.10. The van der Waals surface area contributed by atoms with Gasteiger partial charge in [0.1, 0.15) is 5.82 Å². The molecule has 1 heterocycles. The third kappa shape index (κ3) is 2.64. The SMILES string of the molecule is Cn1cc(CNc2ccc(F)cc2)cc1Br. The minimum absolute atomic E-state index is 0.215. The van der Waals surface area contributed by atoms with Gasteiger partial charge in [-0.2, -0.15) is 0 Å². The van der Waals surface area contributed by atoms with Crippen LogP contribution in [0.15, 0.2) is 41.1 Å². The van der Waals surface area contributed by atoms with E-state index in [0.717, 1.165) is 16.8 Å². The van der Waals surface area contributed by atoms with Crippen LogP contribution in [0.3, 0.4) is 0 Å². The van der Waals surface area contributed by atoms with Crippen molar-refractivity contribution in [1.82, 2.24) is 4.57 Å². The number of hydrogen-bond acceptors (Lipinski definition) is 1. The fraction of sp³-hybridized carbons (Fsp3) is 0.167. The van der Waals surface area contributed by atoms with Crippen molar-refractivity contribution >= 4 is 21.6 Å². The fourth-order valence-electron chi connectivity index (χ4n) is 1.47. The zero-order chi connectivity index (χ0) is 11.5. The van der Waals surface area contributed by atoms with Gasteiger partial charge in [-0.3, -0.25) is 0 Å². The van der Waals surface area contributed by atoms with Crippen LogP contribution < -0.4 is 5.32 Å². The first-order valence-electron chi connectivity index (χ1n) is 4.95. The van der Waals surface area contributed by atoms with Gasteiger partial charge in [0.15, 0.2) is 0 Å². The summed E-state index contributed by atoms with van der Waals surface area (Å²) in [4.78, 5) is 0. The number of anilines is 1. The number of aromatic nitrogens is 1. The molecule has 0 radical (unpaired) electrons. The quantitative estimate of drug-likeness (QED) is 0.911. The van der Waals surface area contributed by atoms with E-state index >= 15 is 0 Å². The Morgan fingerprint density at radius 2 is 2.00 bits per heavy atom. The van der Waals surface area contributed by atoms with Gasteiger partial charge in [0.2, 0.25) is 0 Å². The molecule has 2 aromatic rings. The predicted octanol–water partition coefficient (Wildman–Crippen LogP) is 3.54. The molecule has 0 saturated heterocycles. The molecule has 16 heavy (non-hydrogen) atoms. The predicted molar refractivity (Wildman–Crippen MR) is 66.8 cm³/mol. The maximum Gasteiger partial charge on any atom is 0.123 e. The molecule has 0 aliphatic heterocycles. The Morgan fingerprint density at radius 3 is 2.56 bits per heavy atom. The Kier molecular flexibility index (Phi) is 3.29. The third-order valence-electron chi connectivity index (χ3n) is 2.34. The Balaban J connectivity index is 1.99. The lowest BCUT2D eigenvalue weighted by Gasteiger charge is -2.04. The van der Waals surface area contributed by atoms with E-state index in [1.54, 1.807) is 12.1 Å². The van der Waals surface area contributed by atoms with Crippen LogP contribution in [0, 0.1) is 5.82 Å². The first-order chi connectivity index (χ1) is 7.65. The molecule has 0 amide bonds. The Morgan fingerprint density at radius 1 is 1.31 bits per heavy atom. The van der Waals surface area contributed by atoms with Gasteiger partial charge in [0.05, 0.1) is 4.60 Å². The molecule has 1 aromatic carbocycles. The number of benzene rings is 1. The molecule has 0 fully saturated rings. The molecule has 0 saturated carbocycles. The van der Waals surface area contributed by atoms with Gasteiger partial charge < -0.3 is 9.88 Å². The summed E-state index contributed by atoms with van der Waals surface area (Å²) < 4.78 is 15.7. The van der Waals surface area contributed by atoms with Crippen LogP contribution in [0.1, 0.15) is 5.56 Å². The van der Waals surface area contributed by atoms with Gasteiger partial charge in [-0.15, -0.1) is 0 Å². The number of rotatable bonds is 3. The largest absolute Gasteiger partial charge is 0.381 e. The third-order valence-corrected chi connectivity index (χ3v) is 3.13. The summed E-state index contributed by atoms with van der Waals surface area (Å²) in [6.45, 7) is 0.727. The molecule has 1 aromatic heterocycles. The lowest BCUT2D eigenvalue weighted by atomic mass is 10.3. The topological polar surface area (TPSA) is 17.0 Å². The van der Waals surface area contributed by atoms with E-state index in [2.05, 4.69) is 27.3 Å². The highest BCUT2D eigenvalue weighted by atomic mass is 79.9. The fourth-order valence-corrected chi connectivity index (χ4v) is 1.87. The van der Waals surface area contributed by atoms with E-state index in [1.165, 1.54) is 17.7 Å². The molecule has 0 atom stereocenters. The molecule has 0 spiro atoms. The summed E-state index contributed by atoms with van der Waals surface area (Å²) in [6.07, 6.45) is 2.04. The Labute approximate surface area is 102 Å². The Bertz CT molecular complexity index is 457. The smallest absolute Gasteiger partial charge is 0.123 e. The molecular weight excluding hydrogens is 271 g/mol. The second kappa shape index (κ2) is 4.70. The molecule has 0 aliphatic rings. The molecular formula is C12H12BrFN2. The molecule has 2 rings (SSSR count). The van der Waals surface area contributed by atoms with Crippen LogP contribution in [0.2, 0.25) is 0 Å². The minimum atomic E-state index is -0.215. The van der Waals surface area contributed by atoms with Crippen LogP contribution in [0.25, 0.3) is 0 Å². The zero-order valence-electron chi connectivity index (χ0n) is 8.87. The van der Waals surface area contributed by atoms with Crippen molar-refractivity contribution in [2.24, 2.45) is 7.05 Å². The first-order valence-corrected chi connectivity index (χ1v) is 5.74. The van der Waals surface area contributed by atoms with Crippen LogP contribution in [0.4, 0.5) is 10.1 Å². The van der Waals surface area contributed by atoms with E-state index in [9.17, 15) is 4.39 Å².